The van der Waals surface area contributed by atoms with Crippen molar-refractivity contribution in [2.24, 2.45) is 0 Å². The van der Waals surface area contributed by atoms with Gasteiger partial charge in [-0.25, -0.2) is 17.2 Å². The first-order chi connectivity index (χ1) is 18.6. The number of carbonyl (C=O) groups is 1. The van der Waals surface area contributed by atoms with Crippen molar-refractivity contribution in [1.29, 1.82) is 5.41 Å². The van der Waals surface area contributed by atoms with Crippen molar-refractivity contribution in [1.82, 2.24) is 9.21 Å². The zero-order chi connectivity index (χ0) is 28.4. The first-order valence-electron chi connectivity index (χ1n) is 12.5. The van der Waals surface area contributed by atoms with Crippen molar-refractivity contribution < 1.29 is 26.7 Å². The van der Waals surface area contributed by atoms with E-state index in [9.17, 15) is 22.0 Å². The number of nitrogens with two attached hydrogens (primary N) is 1. The highest BCUT2D eigenvalue weighted by atomic mass is 32.2. The van der Waals surface area contributed by atoms with Crippen molar-refractivity contribution in [3.8, 4) is 0 Å². The first kappa shape index (κ1) is 29.8. The molecule has 1 aliphatic heterocycles. The van der Waals surface area contributed by atoms with E-state index in [1.807, 2.05) is 0 Å². The van der Waals surface area contributed by atoms with Gasteiger partial charge in [0.05, 0.1) is 12.4 Å². The molecule has 0 saturated carbocycles. The molecule has 12 heteroatoms. The minimum absolute atomic E-state index is 0.104. The van der Waals surface area contributed by atoms with Crippen molar-refractivity contribution in [3.05, 3.63) is 83.8 Å². The number of carbonyl (C=O) groups excluding carboxylic acids is 1. The molecule has 2 aromatic rings. The molecule has 1 aliphatic rings. The van der Waals surface area contributed by atoms with E-state index >= 15 is 0 Å². The van der Waals surface area contributed by atoms with Crippen molar-refractivity contribution in [3.63, 3.8) is 0 Å². The minimum Gasteiger partial charge on any atom is -0.486 e. The van der Waals surface area contributed by atoms with Gasteiger partial charge in [-0.05, 0) is 49.1 Å². The minimum atomic E-state index is -3.61. The number of amides is 1. The molecule has 9 nitrogen and oxygen atoms in total. The third kappa shape index (κ3) is 8.62. The van der Waals surface area contributed by atoms with Crippen LogP contribution in [0.15, 0.2) is 66.6 Å². The Bertz CT molecular complexity index is 1290. The second-order valence-electron chi connectivity index (χ2n) is 8.99. The number of unbranched alkanes of at least 4 members (excludes halogenated alkanes) is 2. The molecule has 1 fully saturated rings. The predicted octanol–water partition coefficient (Wildman–Crippen LogP) is 3.87. The number of nitrogen functional groups attached to an aromatic ring is 1. The molecule has 0 radical (unpaired) electrons. The van der Waals surface area contributed by atoms with Crippen LogP contribution >= 0.6 is 0 Å². The van der Waals surface area contributed by atoms with Crippen LogP contribution in [0, 0.1) is 17.0 Å². The van der Waals surface area contributed by atoms with Crippen LogP contribution in [0.25, 0.3) is 0 Å². The molecule has 0 aromatic heterocycles. The maximum absolute atomic E-state index is 13.7. The summed E-state index contributed by atoms with van der Waals surface area (Å²) in [5.41, 5.74) is 6.88. The lowest BCUT2D eigenvalue weighted by molar-refractivity contribution is -0.116. The number of sulfonamides is 1. The number of allylic oxidation sites excluding steroid dienone is 2. The van der Waals surface area contributed by atoms with Gasteiger partial charge >= 0.3 is 0 Å². The molecule has 2 aromatic carbocycles. The molecule has 39 heavy (non-hydrogen) atoms. The van der Waals surface area contributed by atoms with Gasteiger partial charge in [-0.2, -0.15) is 4.31 Å². The number of hydrogen-bond donors (Lipinski definition) is 3. The molecule has 4 N–H and O–H groups in total. The van der Waals surface area contributed by atoms with Crippen molar-refractivity contribution >= 4 is 33.5 Å². The van der Waals surface area contributed by atoms with Crippen LogP contribution in [0.4, 0.5) is 20.2 Å². The summed E-state index contributed by atoms with van der Waals surface area (Å²) in [7, 11) is -3.61. The highest BCUT2D eigenvalue weighted by molar-refractivity contribution is 7.88. The molecule has 0 aliphatic carbocycles. The number of rotatable bonds is 13. The summed E-state index contributed by atoms with van der Waals surface area (Å²) in [6, 6.07) is 9.25. The maximum Gasteiger partial charge on any atom is 0.293 e. The van der Waals surface area contributed by atoms with Gasteiger partial charge in [0.15, 0.2) is 0 Å². The van der Waals surface area contributed by atoms with Crippen LogP contribution < -0.4 is 11.1 Å². The molecular formula is C27H33F2N5O4S. The Labute approximate surface area is 227 Å². The van der Waals surface area contributed by atoms with Gasteiger partial charge in [0.2, 0.25) is 15.8 Å². The van der Waals surface area contributed by atoms with E-state index in [1.165, 1.54) is 4.31 Å². The van der Waals surface area contributed by atoms with Crippen LogP contribution in [0.2, 0.25) is 0 Å². The van der Waals surface area contributed by atoms with E-state index in [2.05, 4.69) is 11.9 Å². The standard InChI is InChI=1S/C27H33F2N5O4S/c1-2-3-4-5-14-38-26(27(35)32-24-16-21(28)15-22(29)17-24)25(18-30)33-10-12-34(13-11-33)39(36,37)19-20-6-8-23(31)9-7-20/h2,6-9,15-18,30H,1,3-5,10-14,19,31H2,(H,32,35). The molecule has 0 spiro atoms. The summed E-state index contributed by atoms with van der Waals surface area (Å²) in [4.78, 5) is 14.8. The van der Waals surface area contributed by atoms with E-state index < -0.39 is 27.6 Å². The average Bonchev–Trinajstić information content (AvgIpc) is 2.88. The van der Waals surface area contributed by atoms with Gasteiger partial charge < -0.3 is 26.1 Å². The normalized spacial score (nSPS) is 14.9. The quantitative estimate of drug-likeness (QED) is 0.0851. The fourth-order valence-electron chi connectivity index (χ4n) is 4.06. The molecule has 210 valence electrons. The summed E-state index contributed by atoms with van der Waals surface area (Å²) < 4.78 is 60.4. The van der Waals surface area contributed by atoms with Crippen LogP contribution in [-0.2, 0) is 25.3 Å². The third-order valence-corrected chi connectivity index (χ3v) is 7.90. The van der Waals surface area contributed by atoms with Crippen LogP contribution in [0.3, 0.4) is 0 Å². The SMILES string of the molecule is C=CCCCCOC(C(=O)Nc1cc(F)cc(F)c1)=C(C=N)N1CCN(S(=O)(=O)Cc2ccc(N)cc2)CC1. The van der Waals surface area contributed by atoms with E-state index in [1.54, 1.807) is 35.2 Å². The van der Waals surface area contributed by atoms with Gasteiger partial charge in [-0.3, -0.25) is 4.79 Å². The molecule has 1 amide bonds. The molecule has 0 atom stereocenters. The first-order valence-corrected chi connectivity index (χ1v) is 14.1. The average molecular weight is 562 g/mol. The maximum atomic E-state index is 13.7. The molecular weight excluding hydrogens is 528 g/mol. The second kappa shape index (κ2) is 13.9. The zero-order valence-electron chi connectivity index (χ0n) is 21.5. The molecule has 3 rings (SSSR count). The predicted molar refractivity (Wildman–Crippen MR) is 147 cm³/mol. The van der Waals surface area contributed by atoms with E-state index in [0.717, 1.165) is 31.2 Å². The fourth-order valence-corrected chi connectivity index (χ4v) is 5.57. The lowest BCUT2D eigenvalue weighted by Crippen LogP contribution is -2.49. The number of anilines is 2. The topological polar surface area (TPSA) is 129 Å². The third-order valence-electron chi connectivity index (χ3n) is 6.05. The van der Waals surface area contributed by atoms with Gasteiger partial charge in [0, 0.05) is 49.8 Å². The van der Waals surface area contributed by atoms with Gasteiger partial charge in [-0.1, -0.05) is 18.2 Å². The number of hydrogen-bond acceptors (Lipinski definition) is 7. The highest BCUT2D eigenvalue weighted by Gasteiger charge is 2.30. The van der Waals surface area contributed by atoms with Crippen molar-refractivity contribution in [2.75, 3.05) is 43.8 Å². The van der Waals surface area contributed by atoms with Gasteiger partial charge in [-0.15, -0.1) is 6.58 Å². The van der Waals surface area contributed by atoms with E-state index in [4.69, 9.17) is 15.9 Å². The summed E-state index contributed by atoms with van der Waals surface area (Å²) in [5.74, 6) is -2.85. The highest BCUT2D eigenvalue weighted by Crippen LogP contribution is 2.21. The second-order valence-corrected chi connectivity index (χ2v) is 11.0. The number of halogens is 2. The lowest BCUT2D eigenvalue weighted by Gasteiger charge is -2.36. The number of nitrogens with one attached hydrogen (secondary N) is 2. The Hall–Kier alpha value is -3.77. The Morgan fingerprint density at radius 3 is 2.31 bits per heavy atom. The monoisotopic (exact) mass is 561 g/mol. The van der Waals surface area contributed by atoms with Crippen LogP contribution in [0.5, 0.6) is 0 Å². The van der Waals surface area contributed by atoms with Gasteiger partial charge in [0.25, 0.3) is 5.91 Å². The Morgan fingerprint density at radius 1 is 1.08 bits per heavy atom. The van der Waals surface area contributed by atoms with E-state index in [-0.39, 0.29) is 55.7 Å². The summed E-state index contributed by atoms with van der Waals surface area (Å²) in [5, 5.41) is 10.4. The summed E-state index contributed by atoms with van der Waals surface area (Å²) in [6.45, 7) is 4.52. The number of ether oxygens (including phenoxy) is 1. The van der Waals surface area contributed by atoms with Crippen LogP contribution in [-0.4, -0.2) is 62.5 Å². The molecule has 0 bridgehead atoms. The number of piperazine rings is 1. The Morgan fingerprint density at radius 2 is 1.72 bits per heavy atom. The van der Waals surface area contributed by atoms with Crippen LogP contribution in [0.1, 0.15) is 24.8 Å². The Kier molecular flexibility index (Phi) is 10.6. The summed E-state index contributed by atoms with van der Waals surface area (Å²) >= 11 is 0. The molecule has 1 saturated heterocycles. The Balaban J connectivity index is 1.76. The number of benzene rings is 2. The summed E-state index contributed by atoms with van der Waals surface area (Å²) in [6.07, 6.45) is 4.88. The lowest BCUT2D eigenvalue weighted by atomic mass is 10.2. The smallest absolute Gasteiger partial charge is 0.293 e. The largest absolute Gasteiger partial charge is 0.486 e. The van der Waals surface area contributed by atoms with E-state index in [0.29, 0.717) is 23.7 Å². The van der Waals surface area contributed by atoms with Crippen molar-refractivity contribution in [2.45, 2.75) is 25.0 Å². The van der Waals surface area contributed by atoms with Gasteiger partial charge in [0.1, 0.15) is 17.3 Å². The fraction of sp³-hybridized carbons (Fsp3) is 0.333. The zero-order valence-corrected chi connectivity index (χ0v) is 22.4. The number of nitrogens with zero attached hydrogens (tertiary/aromatic N) is 2. The molecule has 0 unspecified atom stereocenters. The molecule has 1 heterocycles.